The molecule has 0 nitrogen and oxygen atoms in total. The van der Waals surface area contributed by atoms with Gasteiger partial charge in [-0.3, -0.25) is 0 Å². The molecule has 0 spiro atoms. The number of aryl methyl sites for hydroxylation is 2. The van der Waals surface area contributed by atoms with Gasteiger partial charge in [0, 0.05) is 5.41 Å². The highest BCUT2D eigenvalue weighted by molar-refractivity contribution is 5.81. The molecular formula is C23H32. The lowest BCUT2D eigenvalue weighted by atomic mass is 9.80. The van der Waals surface area contributed by atoms with E-state index in [2.05, 4.69) is 50.2 Å². The lowest BCUT2D eigenvalue weighted by molar-refractivity contribution is 0.649. The Kier molecular flexibility index (Phi) is 5.68. The Labute approximate surface area is 143 Å². The van der Waals surface area contributed by atoms with Crippen LogP contribution in [0.15, 0.2) is 36.4 Å². The van der Waals surface area contributed by atoms with Crippen LogP contribution in [-0.4, -0.2) is 0 Å². The first-order chi connectivity index (χ1) is 11.2. The largest absolute Gasteiger partial charge is 0.0683 e. The molecule has 0 saturated carbocycles. The third-order valence-electron chi connectivity index (χ3n) is 5.05. The molecule has 0 fully saturated rings. The molecule has 2 aromatic rings. The highest BCUT2D eigenvalue weighted by Gasteiger charge is 2.35. The molecule has 2 aromatic carbocycles. The van der Waals surface area contributed by atoms with E-state index in [4.69, 9.17) is 0 Å². The zero-order valence-corrected chi connectivity index (χ0v) is 15.8. The first-order valence-corrected chi connectivity index (χ1v) is 9.44. The van der Waals surface area contributed by atoms with Crippen LogP contribution in [0.2, 0.25) is 0 Å². The molecule has 2 aliphatic carbocycles. The number of fused-ring (bicyclic) bond motifs is 4. The molecule has 124 valence electrons. The second-order valence-electron chi connectivity index (χ2n) is 6.54. The lowest BCUT2D eigenvalue weighted by Gasteiger charge is -2.24. The lowest BCUT2D eigenvalue weighted by Crippen LogP contribution is -2.16. The smallest absolute Gasteiger partial charge is 0.0158 e. The summed E-state index contributed by atoms with van der Waals surface area (Å²) in [5.74, 6) is 0. The van der Waals surface area contributed by atoms with Crippen LogP contribution in [0.4, 0.5) is 0 Å². The molecule has 0 aromatic heterocycles. The minimum atomic E-state index is 0.165. The van der Waals surface area contributed by atoms with Crippen molar-refractivity contribution in [3.8, 4) is 11.1 Å². The Bertz CT molecular complexity index is 662. The molecule has 0 heterocycles. The second kappa shape index (κ2) is 7.34. The quantitative estimate of drug-likeness (QED) is 0.495. The van der Waals surface area contributed by atoms with Crippen LogP contribution in [0.3, 0.4) is 0 Å². The predicted molar refractivity (Wildman–Crippen MR) is 103 cm³/mol. The molecule has 0 amide bonds. The van der Waals surface area contributed by atoms with Crippen molar-refractivity contribution in [1.82, 2.24) is 0 Å². The maximum atomic E-state index is 2.50. The van der Waals surface area contributed by atoms with Gasteiger partial charge in [-0.1, -0.05) is 77.9 Å². The molecule has 4 rings (SSSR count). The first-order valence-electron chi connectivity index (χ1n) is 9.44. The van der Waals surface area contributed by atoms with E-state index in [-0.39, 0.29) is 5.41 Å². The summed E-state index contributed by atoms with van der Waals surface area (Å²) in [4.78, 5) is 0. The van der Waals surface area contributed by atoms with E-state index in [1.165, 1.54) is 47.9 Å². The summed E-state index contributed by atoms with van der Waals surface area (Å²) >= 11 is 0. The molecular weight excluding hydrogens is 276 g/mol. The van der Waals surface area contributed by atoms with E-state index in [9.17, 15) is 0 Å². The van der Waals surface area contributed by atoms with Gasteiger partial charge in [-0.05, 0) is 59.1 Å². The van der Waals surface area contributed by atoms with E-state index in [1.54, 1.807) is 11.1 Å². The van der Waals surface area contributed by atoms with Crippen LogP contribution in [-0.2, 0) is 18.3 Å². The summed E-state index contributed by atoms with van der Waals surface area (Å²) in [6.45, 7) is 12.7. The fourth-order valence-corrected chi connectivity index (χ4v) is 3.93. The van der Waals surface area contributed by atoms with Crippen molar-refractivity contribution >= 4 is 0 Å². The predicted octanol–water partition coefficient (Wildman–Crippen LogP) is 6.92. The van der Waals surface area contributed by atoms with Gasteiger partial charge in [-0.2, -0.15) is 0 Å². The Morgan fingerprint density at radius 1 is 0.696 bits per heavy atom. The maximum absolute atomic E-state index is 2.50. The van der Waals surface area contributed by atoms with Gasteiger partial charge in [-0.25, -0.2) is 0 Å². The third-order valence-corrected chi connectivity index (χ3v) is 5.05. The Hall–Kier alpha value is -1.56. The van der Waals surface area contributed by atoms with Crippen LogP contribution in [0.25, 0.3) is 11.1 Å². The molecule has 0 heteroatoms. The zero-order chi connectivity index (χ0) is 17.0. The van der Waals surface area contributed by atoms with Crippen molar-refractivity contribution in [2.24, 2.45) is 0 Å². The minimum absolute atomic E-state index is 0.165. The Morgan fingerprint density at radius 3 is 1.91 bits per heavy atom. The SMILES string of the molecule is CC.CC.CC1(C)c2ccccc2-c2cc3c(cc21)CCCC3. The molecule has 23 heavy (non-hydrogen) atoms. The monoisotopic (exact) mass is 308 g/mol. The third kappa shape index (κ3) is 2.96. The number of benzene rings is 2. The van der Waals surface area contributed by atoms with Gasteiger partial charge >= 0.3 is 0 Å². The van der Waals surface area contributed by atoms with Gasteiger partial charge in [-0.15, -0.1) is 0 Å². The van der Waals surface area contributed by atoms with E-state index in [0.29, 0.717) is 0 Å². The average Bonchev–Trinajstić information content (AvgIpc) is 2.85. The number of hydrogen-bond donors (Lipinski definition) is 0. The topological polar surface area (TPSA) is 0 Å². The van der Waals surface area contributed by atoms with Crippen molar-refractivity contribution in [1.29, 1.82) is 0 Å². The van der Waals surface area contributed by atoms with Crippen LogP contribution >= 0.6 is 0 Å². The fraction of sp³-hybridized carbons (Fsp3) is 0.478. The van der Waals surface area contributed by atoms with Gasteiger partial charge in [0.05, 0.1) is 0 Å². The van der Waals surface area contributed by atoms with Gasteiger partial charge < -0.3 is 0 Å². The van der Waals surface area contributed by atoms with Crippen molar-refractivity contribution in [2.75, 3.05) is 0 Å². The van der Waals surface area contributed by atoms with Crippen molar-refractivity contribution in [3.63, 3.8) is 0 Å². The molecule has 0 saturated heterocycles. The van der Waals surface area contributed by atoms with Gasteiger partial charge in [0.2, 0.25) is 0 Å². The standard InChI is InChI=1S/C19H20.2C2H6/c1-19(2)17-10-6-5-9-15(17)16-11-13-7-3-4-8-14(13)12-18(16)19;2*1-2/h5-6,9-12H,3-4,7-8H2,1-2H3;2*1-2H3. The number of hydrogen-bond acceptors (Lipinski definition) is 0. The summed E-state index contributed by atoms with van der Waals surface area (Å²) in [5, 5.41) is 0. The molecule has 0 unspecified atom stereocenters. The molecule has 0 radical (unpaired) electrons. The van der Waals surface area contributed by atoms with Crippen molar-refractivity contribution in [3.05, 3.63) is 58.7 Å². The summed E-state index contributed by atoms with van der Waals surface area (Å²) < 4.78 is 0. The van der Waals surface area contributed by atoms with Crippen LogP contribution < -0.4 is 0 Å². The molecule has 2 aliphatic rings. The van der Waals surface area contributed by atoms with Crippen LogP contribution in [0.1, 0.15) is 76.6 Å². The van der Waals surface area contributed by atoms with E-state index in [0.717, 1.165) is 0 Å². The van der Waals surface area contributed by atoms with E-state index in [1.807, 2.05) is 27.7 Å². The van der Waals surface area contributed by atoms with E-state index >= 15 is 0 Å². The first kappa shape index (κ1) is 17.8. The van der Waals surface area contributed by atoms with Crippen molar-refractivity contribution in [2.45, 2.75) is 72.6 Å². The minimum Gasteiger partial charge on any atom is -0.0683 e. The van der Waals surface area contributed by atoms with Crippen molar-refractivity contribution < 1.29 is 0 Å². The van der Waals surface area contributed by atoms with Gasteiger partial charge in [0.1, 0.15) is 0 Å². The normalized spacial score (nSPS) is 15.9. The number of rotatable bonds is 0. The average molecular weight is 309 g/mol. The molecule has 0 aliphatic heterocycles. The van der Waals surface area contributed by atoms with E-state index < -0.39 is 0 Å². The highest BCUT2D eigenvalue weighted by atomic mass is 14.4. The van der Waals surface area contributed by atoms with Gasteiger partial charge in [0.15, 0.2) is 0 Å². The molecule has 0 N–H and O–H groups in total. The second-order valence-corrected chi connectivity index (χ2v) is 6.54. The zero-order valence-electron chi connectivity index (χ0n) is 15.8. The van der Waals surface area contributed by atoms with Crippen LogP contribution in [0.5, 0.6) is 0 Å². The maximum Gasteiger partial charge on any atom is 0.0158 e. The van der Waals surface area contributed by atoms with Gasteiger partial charge in [0.25, 0.3) is 0 Å². The summed E-state index contributed by atoms with van der Waals surface area (Å²) in [6.07, 6.45) is 5.26. The van der Waals surface area contributed by atoms with Crippen LogP contribution in [0, 0.1) is 0 Å². The molecule has 0 bridgehead atoms. The Balaban J connectivity index is 0.000000448. The fourth-order valence-electron chi connectivity index (χ4n) is 3.93. The Morgan fingerprint density at radius 2 is 1.26 bits per heavy atom. The highest BCUT2D eigenvalue weighted by Crippen LogP contribution is 2.49. The summed E-state index contributed by atoms with van der Waals surface area (Å²) in [6, 6.07) is 13.9. The summed E-state index contributed by atoms with van der Waals surface area (Å²) in [7, 11) is 0. The molecule has 0 atom stereocenters. The summed E-state index contributed by atoms with van der Waals surface area (Å²) in [5.41, 5.74) is 9.33.